The van der Waals surface area contributed by atoms with E-state index in [4.69, 9.17) is 5.73 Å². The highest BCUT2D eigenvalue weighted by molar-refractivity contribution is 7.98. The van der Waals surface area contributed by atoms with Gasteiger partial charge in [-0.25, -0.2) is 4.98 Å². The predicted octanol–water partition coefficient (Wildman–Crippen LogP) is 2.44. The van der Waals surface area contributed by atoms with E-state index < -0.39 is 0 Å². The normalized spacial score (nSPS) is 12.2. The molecule has 0 radical (unpaired) electrons. The minimum Gasteiger partial charge on any atom is -0.382 e. The molecule has 0 aliphatic rings. The van der Waals surface area contributed by atoms with Crippen LogP contribution in [0.25, 0.3) is 0 Å². The van der Waals surface area contributed by atoms with Gasteiger partial charge in [0.05, 0.1) is 0 Å². The zero-order valence-corrected chi connectivity index (χ0v) is 14.2. The average Bonchev–Trinajstić information content (AvgIpc) is 2.81. The smallest absolute Gasteiger partial charge is 0.265 e. The molecule has 1 heterocycles. The average molecular weight is 316 g/mol. The summed E-state index contributed by atoms with van der Waals surface area (Å²) in [7, 11) is 0. The second-order valence-electron chi connectivity index (χ2n) is 4.42. The molecular weight excluding hydrogens is 292 g/mol. The highest BCUT2D eigenvalue weighted by Gasteiger charge is 2.20. The molecular formula is C13H24N4OS2. The number of anilines is 2. The van der Waals surface area contributed by atoms with Gasteiger partial charge in [-0.2, -0.15) is 11.8 Å². The fourth-order valence-corrected chi connectivity index (χ4v) is 3.56. The van der Waals surface area contributed by atoms with Gasteiger partial charge in [-0.3, -0.25) is 4.79 Å². The van der Waals surface area contributed by atoms with Gasteiger partial charge in [0.25, 0.3) is 5.91 Å². The first-order valence-corrected chi connectivity index (χ1v) is 9.09. The Morgan fingerprint density at radius 2 is 2.10 bits per heavy atom. The molecule has 0 spiro atoms. The van der Waals surface area contributed by atoms with Crippen LogP contribution in [-0.4, -0.2) is 42.0 Å². The van der Waals surface area contributed by atoms with E-state index in [1.165, 1.54) is 11.3 Å². The maximum absolute atomic E-state index is 12.3. The van der Waals surface area contributed by atoms with Crippen molar-refractivity contribution in [3.63, 3.8) is 0 Å². The van der Waals surface area contributed by atoms with Gasteiger partial charge in [-0.1, -0.05) is 18.3 Å². The number of nitrogens with zero attached hydrogens (tertiary/aromatic N) is 2. The molecule has 1 unspecified atom stereocenters. The molecule has 1 rings (SSSR count). The number of hydrogen-bond donors (Lipinski definition) is 2. The van der Waals surface area contributed by atoms with E-state index in [-0.39, 0.29) is 11.9 Å². The zero-order chi connectivity index (χ0) is 15.1. The number of nitrogens with one attached hydrogen (secondary N) is 1. The van der Waals surface area contributed by atoms with Gasteiger partial charge < -0.3 is 16.0 Å². The first-order valence-electron chi connectivity index (χ1n) is 6.88. The SMILES string of the molecule is CCC(CSC)NC(=O)c1sc(N(CC)CC)nc1N. The van der Waals surface area contributed by atoms with Crippen LogP contribution < -0.4 is 16.0 Å². The third kappa shape index (κ3) is 4.28. The third-order valence-corrected chi connectivity index (χ3v) is 4.94. The standard InChI is InChI=1S/C13H24N4OS2/c1-5-9(8-19-4)15-12(18)10-11(14)16-13(20-10)17(6-2)7-3/h9H,5-8,14H2,1-4H3,(H,15,18). The van der Waals surface area contributed by atoms with Gasteiger partial charge in [-0.15, -0.1) is 0 Å². The van der Waals surface area contributed by atoms with E-state index in [2.05, 4.69) is 36.0 Å². The van der Waals surface area contributed by atoms with E-state index in [9.17, 15) is 4.79 Å². The lowest BCUT2D eigenvalue weighted by molar-refractivity contribution is 0.0945. The lowest BCUT2D eigenvalue weighted by Gasteiger charge is -2.16. The van der Waals surface area contributed by atoms with Crippen LogP contribution in [-0.2, 0) is 0 Å². The molecule has 20 heavy (non-hydrogen) atoms. The number of thiazole rings is 1. The molecule has 0 fully saturated rings. The Labute approximate surface area is 129 Å². The van der Waals surface area contributed by atoms with E-state index in [1.807, 2.05) is 6.26 Å². The van der Waals surface area contributed by atoms with E-state index in [1.54, 1.807) is 11.8 Å². The molecule has 114 valence electrons. The fraction of sp³-hybridized carbons (Fsp3) is 0.692. The van der Waals surface area contributed by atoms with Crippen molar-refractivity contribution >= 4 is 40.0 Å². The lowest BCUT2D eigenvalue weighted by Crippen LogP contribution is -2.36. The van der Waals surface area contributed by atoms with Crippen molar-refractivity contribution in [2.45, 2.75) is 33.2 Å². The number of rotatable bonds is 8. The number of carbonyl (C=O) groups is 1. The van der Waals surface area contributed by atoms with Crippen molar-refractivity contribution in [2.24, 2.45) is 0 Å². The van der Waals surface area contributed by atoms with Crippen LogP contribution in [0.2, 0.25) is 0 Å². The molecule has 1 aromatic rings. The summed E-state index contributed by atoms with van der Waals surface area (Å²) in [6, 6.07) is 0.177. The Hall–Kier alpha value is -0.950. The highest BCUT2D eigenvalue weighted by Crippen LogP contribution is 2.28. The van der Waals surface area contributed by atoms with Gasteiger partial charge in [0.2, 0.25) is 0 Å². The molecule has 0 bridgehead atoms. The molecule has 1 amide bonds. The van der Waals surface area contributed by atoms with E-state index >= 15 is 0 Å². The van der Waals surface area contributed by atoms with Crippen molar-refractivity contribution in [1.82, 2.24) is 10.3 Å². The number of hydrogen-bond acceptors (Lipinski definition) is 6. The van der Waals surface area contributed by atoms with Crippen LogP contribution in [0.4, 0.5) is 10.9 Å². The van der Waals surface area contributed by atoms with Crippen molar-refractivity contribution in [3.8, 4) is 0 Å². The summed E-state index contributed by atoms with van der Waals surface area (Å²) in [5.41, 5.74) is 5.89. The maximum Gasteiger partial charge on any atom is 0.265 e. The quantitative estimate of drug-likeness (QED) is 0.771. The van der Waals surface area contributed by atoms with Crippen LogP contribution in [0, 0.1) is 0 Å². The number of carbonyl (C=O) groups excluding carboxylic acids is 1. The van der Waals surface area contributed by atoms with Crippen LogP contribution in [0.3, 0.4) is 0 Å². The van der Waals surface area contributed by atoms with Crippen molar-refractivity contribution in [3.05, 3.63) is 4.88 Å². The van der Waals surface area contributed by atoms with Gasteiger partial charge in [0, 0.05) is 24.9 Å². The summed E-state index contributed by atoms with van der Waals surface area (Å²) in [6.45, 7) is 7.90. The molecule has 5 nitrogen and oxygen atoms in total. The van der Waals surface area contributed by atoms with Crippen LogP contribution >= 0.6 is 23.1 Å². The Morgan fingerprint density at radius 1 is 1.45 bits per heavy atom. The van der Waals surface area contributed by atoms with Crippen molar-refractivity contribution in [1.29, 1.82) is 0 Å². The van der Waals surface area contributed by atoms with Crippen molar-refractivity contribution in [2.75, 3.05) is 35.7 Å². The molecule has 0 aliphatic heterocycles. The number of amides is 1. The summed E-state index contributed by atoms with van der Waals surface area (Å²) >= 11 is 3.09. The topological polar surface area (TPSA) is 71.2 Å². The van der Waals surface area contributed by atoms with Crippen LogP contribution in [0.1, 0.15) is 36.9 Å². The predicted molar refractivity (Wildman–Crippen MR) is 90.0 cm³/mol. The van der Waals surface area contributed by atoms with Crippen molar-refractivity contribution < 1.29 is 4.79 Å². The second-order valence-corrected chi connectivity index (χ2v) is 6.31. The van der Waals surface area contributed by atoms with E-state index in [0.717, 1.165) is 30.4 Å². The molecule has 1 atom stereocenters. The summed E-state index contributed by atoms with van der Waals surface area (Å²) in [5, 5.41) is 3.84. The first-order chi connectivity index (χ1) is 9.57. The Morgan fingerprint density at radius 3 is 2.60 bits per heavy atom. The van der Waals surface area contributed by atoms with Gasteiger partial charge in [0.1, 0.15) is 10.7 Å². The Balaban J connectivity index is 2.83. The monoisotopic (exact) mass is 316 g/mol. The number of nitrogens with two attached hydrogens (primary N) is 1. The molecule has 0 aromatic carbocycles. The minimum absolute atomic E-state index is 0.112. The summed E-state index contributed by atoms with van der Waals surface area (Å²) in [6.07, 6.45) is 2.95. The zero-order valence-electron chi connectivity index (χ0n) is 12.6. The molecule has 0 saturated carbocycles. The number of thioether (sulfide) groups is 1. The molecule has 1 aromatic heterocycles. The summed E-state index contributed by atoms with van der Waals surface area (Å²) < 4.78 is 0. The lowest BCUT2D eigenvalue weighted by atomic mass is 10.2. The maximum atomic E-state index is 12.3. The van der Waals surface area contributed by atoms with Gasteiger partial charge in [0.15, 0.2) is 5.13 Å². The number of nitrogen functional groups attached to an aromatic ring is 1. The van der Waals surface area contributed by atoms with Gasteiger partial charge >= 0.3 is 0 Å². The summed E-state index contributed by atoms with van der Waals surface area (Å²) in [4.78, 5) is 19.2. The number of aromatic nitrogens is 1. The van der Waals surface area contributed by atoms with Crippen LogP contribution in [0.5, 0.6) is 0 Å². The molecule has 3 N–H and O–H groups in total. The minimum atomic E-state index is -0.112. The third-order valence-electron chi connectivity index (χ3n) is 3.08. The Kier molecular flexibility index (Phi) is 7.15. The molecule has 0 saturated heterocycles. The highest BCUT2D eigenvalue weighted by atomic mass is 32.2. The second kappa shape index (κ2) is 8.36. The van der Waals surface area contributed by atoms with E-state index in [0.29, 0.717) is 10.7 Å². The molecule has 7 heteroatoms. The largest absolute Gasteiger partial charge is 0.382 e. The summed E-state index contributed by atoms with van der Waals surface area (Å²) in [5.74, 6) is 1.12. The Bertz CT molecular complexity index is 432. The van der Waals surface area contributed by atoms with Gasteiger partial charge in [-0.05, 0) is 26.5 Å². The first kappa shape index (κ1) is 17.1. The fourth-order valence-electron chi connectivity index (χ4n) is 1.83. The molecule has 0 aliphatic carbocycles. The van der Waals surface area contributed by atoms with Crippen LogP contribution in [0.15, 0.2) is 0 Å².